The van der Waals surface area contributed by atoms with Gasteiger partial charge in [0.25, 0.3) is 0 Å². The Bertz CT molecular complexity index is 364. The Kier molecular flexibility index (Phi) is 5.02. The van der Waals surface area contributed by atoms with Gasteiger partial charge in [-0.2, -0.15) is 0 Å². The molecule has 5 heteroatoms. The molecule has 0 spiro atoms. The van der Waals surface area contributed by atoms with E-state index in [1.165, 1.54) is 0 Å². The van der Waals surface area contributed by atoms with Crippen LogP contribution in [-0.2, 0) is 14.3 Å². The average Bonchev–Trinajstić information content (AvgIpc) is 2.43. The van der Waals surface area contributed by atoms with Crippen LogP contribution >= 0.6 is 0 Å². The van der Waals surface area contributed by atoms with Crippen molar-refractivity contribution in [1.82, 2.24) is 10.2 Å². The quantitative estimate of drug-likeness (QED) is 0.846. The zero-order valence-electron chi connectivity index (χ0n) is 12.7. The number of nitrogens with zero attached hydrogens (tertiary/aromatic N) is 1. The van der Waals surface area contributed by atoms with Crippen LogP contribution in [0.1, 0.15) is 46.5 Å². The van der Waals surface area contributed by atoms with Gasteiger partial charge < -0.3 is 15.0 Å². The van der Waals surface area contributed by atoms with Gasteiger partial charge in [-0.25, -0.2) is 0 Å². The predicted molar refractivity (Wildman–Crippen MR) is 76.2 cm³/mol. The van der Waals surface area contributed by atoms with E-state index in [9.17, 15) is 9.59 Å². The normalized spacial score (nSPS) is 31.6. The lowest BCUT2D eigenvalue weighted by molar-refractivity contribution is -0.157. The Morgan fingerprint density at radius 3 is 2.70 bits per heavy atom. The third kappa shape index (κ3) is 2.97. The number of nitrogens with one attached hydrogen (secondary N) is 1. The molecule has 2 rings (SSSR count). The molecular formula is C15H26N2O3. The third-order valence-electron chi connectivity index (χ3n) is 4.18. The van der Waals surface area contributed by atoms with Crippen LogP contribution in [0, 0.1) is 5.92 Å². The van der Waals surface area contributed by atoms with Crippen molar-refractivity contribution >= 4 is 11.8 Å². The topological polar surface area (TPSA) is 58.6 Å². The maximum absolute atomic E-state index is 12.7. The molecule has 2 saturated heterocycles. The van der Waals surface area contributed by atoms with Crippen LogP contribution in [0.25, 0.3) is 0 Å². The summed E-state index contributed by atoms with van der Waals surface area (Å²) in [7, 11) is 0. The summed E-state index contributed by atoms with van der Waals surface area (Å²) in [4.78, 5) is 26.9. The Morgan fingerprint density at radius 1 is 1.40 bits per heavy atom. The molecule has 2 heterocycles. The molecule has 0 bridgehead atoms. The molecule has 3 atom stereocenters. The van der Waals surface area contributed by atoms with E-state index in [1.807, 2.05) is 25.7 Å². The lowest BCUT2D eigenvalue weighted by Crippen LogP contribution is -2.68. The van der Waals surface area contributed by atoms with Crippen LogP contribution in [0.3, 0.4) is 0 Å². The summed E-state index contributed by atoms with van der Waals surface area (Å²) in [6.07, 6.45) is 3.48. The van der Waals surface area contributed by atoms with Gasteiger partial charge in [-0.15, -0.1) is 0 Å². The fraction of sp³-hybridized carbons (Fsp3) is 0.867. The van der Waals surface area contributed by atoms with Gasteiger partial charge in [-0.1, -0.05) is 27.2 Å². The van der Waals surface area contributed by atoms with Crippen LogP contribution in [-0.4, -0.2) is 48.1 Å². The molecule has 1 N–H and O–H groups in total. The van der Waals surface area contributed by atoms with Crippen LogP contribution in [0.5, 0.6) is 0 Å². The molecule has 2 aliphatic rings. The minimum Gasteiger partial charge on any atom is -0.379 e. The van der Waals surface area contributed by atoms with E-state index in [0.717, 1.165) is 25.9 Å². The number of carbonyl (C=O) groups is 2. The largest absolute Gasteiger partial charge is 0.379 e. The highest BCUT2D eigenvalue weighted by atomic mass is 16.5. The standard InChI is InChI=1S/C15H26N2O3/c1-4-6-12-15(19)17(11-7-5-8-20-9-11)13(10(2)3)14(18)16-12/h10-13H,4-9H2,1-3H3,(H,16,18). The second-order valence-electron chi connectivity index (χ2n) is 6.16. The maximum Gasteiger partial charge on any atom is 0.246 e. The number of rotatable bonds is 4. The molecule has 0 aliphatic carbocycles. The number of piperazine rings is 1. The minimum atomic E-state index is -0.359. The Hall–Kier alpha value is -1.10. The van der Waals surface area contributed by atoms with Gasteiger partial charge in [0.2, 0.25) is 11.8 Å². The summed E-state index contributed by atoms with van der Waals surface area (Å²) in [5.74, 6) is 0.174. The molecule has 20 heavy (non-hydrogen) atoms. The minimum absolute atomic E-state index is 0.0105. The van der Waals surface area contributed by atoms with Crippen LogP contribution in [0.15, 0.2) is 0 Å². The summed E-state index contributed by atoms with van der Waals surface area (Å²) >= 11 is 0. The summed E-state index contributed by atoms with van der Waals surface area (Å²) in [5, 5.41) is 2.90. The highest BCUT2D eigenvalue weighted by Crippen LogP contribution is 2.25. The first kappa shape index (κ1) is 15.3. The molecule has 5 nitrogen and oxygen atoms in total. The molecule has 2 amide bonds. The molecule has 0 aromatic rings. The fourth-order valence-electron chi connectivity index (χ4n) is 3.22. The van der Waals surface area contributed by atoms with Crippen molar-refractivity contribution in [1.29, 1.82) is 0 Å². The maximum atomic E-state index is 12.7. The van der Waals surface area contributed by atoms with Crippen molar-refractivity contribution < 1.29 is 14.3 Å². The van der Waals surface area contributed by atoms with Crippen LogP contribution < -0.4 is 5.32 Å². The van der Waals surface area contributed by atoms with Gasteiger partial charge >= 0.3 is 0 Å². The first-order valence-corrected chi connectivity index (χ1v) is 7.76. The summed E-state index contributed by atoms with van der Waals surface area (Å²) in [5.41, 5.74) is 0. The Labute approximate surface area is 121 Å². The fourth-order valence-corrected chi connectivity index (χ4v) is 3.22. The van der Waals surface area contributed by atoms with Crippen molar-refractivity contribution in [3.05, 3.63) is 0 Å². The molecule has 2 fully saturated rings. The van der Waals surface area contributed by atoms with E-state index in [2.05, 4.69) is 5.32 Å². The zero-order chi connectivity index (χ0) is 14.7. The van der Waals surface area contributed by atoms with E-state index in [1.54, 1.807) is 0 Å². The monoisotopic (exact) mass is 282 g/mol. The lowest BCUT2D eigenvalue weighted by Gasteiger charge is -2.45. The predicted octanol–water partition coefficient (Wildman–Crippen LogP) is 1.32. The molecule has 0 aromatic carbocycles. The second kappa shape index (κ2) is 6.57. The smallest absolute Gasteiger partial charge is 0.246 e. The number of hydrogen-bond acceptors (Lipinski definition) is 3. The van der Waals surface area contributed by atoms with Crippen molar-refractivity contribution in [2.24, 2.45) is 5.92 Å². The Balaban J connectivity index is 2.23. The molecule has 114 valence electrons. The molecular weight excluding hydrogens is 256 g/mol. The molecule has 0 radical (unpaired) electrons. The summed E-state index contributed by atoms with van der Waals surface area (Å²) < 4.78 is 5.52. The molecule has 2 aliphatic heterocycles. The second-order valence-corrected chi connectivity index (χ2v) is 6.16. The van der Waals surface area contributed by atoms with Gasteiger partial charge in [-0.05, 0) is 25.2 Å². The van der Waals surface area contributed by atoms with E-state index in [4.69, 9.17) is 4.74 Å². The lowest BCUT2D eigenvalue weighted by atomic mass is 9.92. The zero-order valence-corrected chi connectivity index (χ0v) is 12.7. The molecule has 0 aromatic heterocycles. The van der Waals surface area contributed by atoms with Gasteiger partial charge in [0.1, 0.15) is 12.1 Å². The van der Waals surface area contributed by atoms with E-state index >= 15 is 0 Å². The highest BCUT2D eigenvalue weighted by Gasteiger charge is 2.44. The number of ether oxygens (including phenoxy) is 1. The first-order chi connectivity index (χ1) is 9.56. The van der Waals surface area contributed by atoms with Crippen LogP contribution in [0.4, 0.5) is 0 Å². The average molecular weight is 282 g/mol. The van der Waals surface area contributed by atoms with Gasteiger partial charge in [-0.3, -0.25) is 9.59 Å². The first-order valence-electron chi connectivity index (χ1n) is 7.76. The van der Waals surface area contributed by atoms with Crippen LogP contribution in [0.2, 0.25) is 0 Å². The number of hydrogen-bond donors (Lipinski definition) is 1. The molecule has 3 unspecified atom stereocenters. The van der Waals surface area contributed by atoms with Crippen molar-refractivity contribution in [3.8, 4) is 0 Å². The Morgan fingerprint density at radius 2 is 2.15 bits per heavy atom. The van der Waals surface area contributed by atoms with E-state index < -0.39 is 0 Å². The summed E-state index contributed by atoms with van der Waals surface area (Å²) in [6, 6.07) is -0.666. The third-order valence-corrected chi connectivity index (χ3v) is 4.18. The molecule has 0 saturated carbocycles. The van der Waals surface area contributed by atoms with Crippen molar-refractivity contribution in [3.63, 3.8) is 0 Å². The van der Waals surface area contributed by atoms with E-state index in [0.29, 0.717) is 13.0 Å². The van der Waals surface area contributed by atoms with Gasteiger partial charge in [0, 0.05) is 6.61 Å². The SMILES string of the molecule is CCCC1NC(=O)C(C(C)C)N(C2CCCOC2)C1=O. The highest BCUT2D eigenvalue weighted by molar-refractivity contribution is 5.97. The van der Waals surface area contributed by atoms with Crippen molar-refractivity contribution in [2.45, 2.75) is 64.6 Å². The summed E-state index contributed by atoms with van der Waals surface area (Å²) in [6.45, 7) is 7.33. The van der Waals surface area contributed by atoms with Crippen molar-refractivity contribution in [2.75, 3.05) is 13.2 Å². The van der Waals surface area contributed by atoms with E-state index in [-0.39, 0.29) is 35.9 Å². The van der Waals surface area contributed by atoms with Gasteiger partial charge in [0.05, 0.1) is 12.6 Å². The number of amides is 2. The van der Waals surface area contributed by atoms with Gasteiger partial charge in [0.15, 0.2) is 0 Å². The number of carbonyl (C=O) groups excluding carboxylic acids is 2.